The molecule has 1 amide bonds. The molecule has 0 saturated carbocycles. The lowest BCUT2D eigenvalue weighted by Crippen LogP contribution is -2.36. The number of carbonyl (C=O) groups excluding carboxylic acids is 1. The quantitative estimate of drug-likeness (QED) is 0.286. The molecular formula is C22H31IN4O. The molecule has 2 rings (SSSR count). The number of nitrogens with one attached hydrogen (secondary N) is 3. The van der Waals surface area contributed by atoms with Gasteiger partial charge in [-0.05, 0) is 43.5 Å². The number of aryl methyl sites for hydroxylation is 1. The van der Waals surface area contributed by atoms with Gasteiger partial charge in [0.25, 0.3) is 0 Å². The van der Waals surface area contributed by atoms with Crippen molar-refractivity contribution in [3.8, 4) is 0 Å². The molecule has 0 radical (unpaired) electrons. The predicted molar refractivity (Wildman–Crippen MR) is 128 cm³/mol. The SMILES string of the molecule is CCCC(=O)Nc1cccc(CNC(=NCc2cccc(C)c2)NCC)c1.I. The smallest absolute Gasteiger partial charge is 0.224 e. The molecule has 0 bridgehead atoms. The molecule has 2 aromatic carbocycles. The Balaban J connectivity index is 0.00000392. The van der Waals surface area contributed by atoms with Crippen molar-refractivity contribution in [2.24, 2.45) is 4.99 Å². The molecule has 0 atom stereocenters. The standard InChI is InChI=1S/C22H30N4O.HI/c1-4-8-21(27)26-20-12-7-11-19(14-20)16-25-22(23-5-2)24-15-18-10-6-9-17(3)13-18;/h6-7,9-14H,4-5,8,15-16H2,1-3H3,(H,26,27)(H2,23,24,25);1H. The summed E-state index contributed by atoms with van der Waals surface area (Å²) < 4.78 is 0. The van der Waals surface area contributed by atoms with Crippen LogP contribution in [-0.2, 0) is 17.9 Å². The second-order valence-electron chi connectivity index (χ2n) is 6.54. The minimum absolute atomic E-state index is 0. The number of guanidine groups is 1. The van der Waals surface area contributed by atoms with Crippen molar-refractivity contribution in [2.75, 3.05) is 11.9 Å². The Morgan fingerprint density at radius 2 is 1.75 bits per heavy atom. The maximum atomic E-state index is 11.8. The highest BCUT2D eigenvalue weighted by molar-refractivity contribution is 14.0. The van der Waals surface area contributed by atoms with E-state index in [9.17, 15) is 4.79 Å². The van der Waals surface area contributed by atoms with Gasteiger partial charge in [-0.1, -0.05) is 48.9 Å². The Bertz CT molecular complexity index is 777. The van der Waals surface area contributed by atoms with Gasteiger partial charge in [-0.2, -0.15) is 0 Å². The average Bonchev–Trinajstić information content (AvgIpc) is 2.64. The van der Waals surface area contributed by atoms with Crippen LogP contribution in [0.2, 0.25) is 0 Å². The summed E-state index contributed by atoms with van der Waals surface area (Å²) in [5.74, 6) is 0.829. The molecule has 152 valence electrons. The zero-order valence-corrected chi connectivity index (χ0v) is 19.2. The number of hydrogen-bond acceptors (Lipinski definition) is 2. The third-order valence-corrected chi connectivity index (χ3v) is 3.99. The van der Waals surface area contributed by atoms with Gasteiger partial charge in [-0.15, -0.1) is 24.0 Å². The van der Waals surface area contributed by atoms with E-state index in [1.807, 2.05) is 38.1 Å². The molecule has 0 aliphatic heterocycles. The summed E-state index contributed by atoms with van der Waals surface area (Å²) in [5, 5.41) is 9.56. The van der Waals surface area contributed by atoms with E-state index in [0.29, 0.717) is 19.5 Å². The Morgan fingerprint density at radius 1 is 1.00 bits per heavy atom. The van der Waals surface area contributed by atoms with Crippen molar-refractivity contribution < 1.29 is 4.79 Å². The van der Waals surface area contributed by atoms with E-state index < -0.39 is 0 Å². The summed E-state index contributed by atoms with van der Waals surface area (Å²) >= 11 is 0. The van der Waals surface area contributed by atoms with Crippen molar-refractivity contribution >= 4 is 41.5 Å². The number of rotatable bonds is 8. The number of carbonyl (C=O) groups is 1. The second kappa shape index (κ2) is 13.1. The molecular weight excluding hydrogens is 463 g/mol. The lowest BCUT2D eigenvalue weighted by molar-refractivity contribution is -0.116. The number of nitrogens with zero attached hydrogens (tertiary/aromatic N) is 1. The fourth-order valence-electron chi connectivity index (χ4n) is 2.72. The molecule has 0 heterocycles. The van der Waals surface area contributed by atoms with Crippen LogP contribution in [0.4, 0.5) is 5.69 Å². The highest BCUT2D eigenvalue weighted by Gasteiger charge is 2.03. The number of amides is 1. The fourth-order valence-corrected chi connectivity index (χ4v) is 2.72. The monoisotopic (exact) mass is 494 g/mol. The third-order valence-electron chi connectivity index (χ3n) is 3.99. The molecule has 2 aromatic rings. The molecule has 0 spiro atoms. The number of hydrogen-bond donors (Lipinski definition) is 3. The number of benzene rings is 2. The topological polar surface area (TPSA) is 65.5 Å². The maximum absolute atomic E-state index is 11.8. The van der Waals surface area contributed by atoms with Crippen LogP contribution in [-0.4, -0.2) is 18.4 Å². The van der Waals surface area contributed by atoms with Crippen LogP contribution in [0.25, 0.3) is 0 Å². The minimum Gasteiger partial charge on any atom is -0.357 e. The minimum atomic E-state index is 0. The van der Waals surface area contributed by atoms with E-state index in [0.717, 1.165) is 30.2 Å². The van der Waals surface area contributed by atoms with Gasteiger partial charge in [0.15, 0.2) is 5.96 Å². The second-order valence-corrected chi connectivity index (χ2v) is 6.54. The molecule has 0 saturated heterocycles. The zero-order valence-electron chi connectivity index (χ0n) is 16.9. The largest absolute Gasteiger partial charge is 0.357 e. The van der Waals surface area contributed by atoms with Crippen LogP contribution in [0.5, 0.6) is 0 Å². The van der Waals surface area contributed by atoms with Crippen LogP contribution < -0.4 is 16.0 Å². The Labute approximate surface area is 185 Å². The van der Waals surface area contributed by atoms with Gasteiger partial charge in [0.2, 0.25) is 5.91 Å². The van der Waals surface area contributed by atoms with E-state index in [1.54, 1.807) is 0 Å². The van der Waals surface area contributed by atoms with E-state index >= 15 is 0 Å². The highest BCUT2D eigenvalue weighted by Crippen LogP contribution is 2.11. The van der Waals surface area contributed by atoms with Crippen LogP contribution in [0, 0.1) is 6.92 Å². The summed E-state index contributed by atoms with van der Waals surface area (Å²) in [5.41, 5.74) is 4.34. The van der Waals surface area contributed by atoms with Crippen LogP contribution in [0.3, 0.4) is 0 Å². The summed E-state index contributed by atoms with van der Waals surface area (Å²) in [7, 11) is 0. The number of halogens is 1. The van der Waals surface area contributed by atoms with Gasteiger partial charge in [-0.3, -0.25) is 4.79 Å². The summed E-state index contributed by atoms with van der Waals surface area (Å²) in [6, 6.07) is 16.3. The molecule has 3 N–H and O–H groups in total. The Hall–Kier alpha value is -2.09. The number of anilines is 1. The highest BCUT2D eigenvalue weighted by atomic mass is 127. The van der Waals surface area contributed by atoms with Gasteiger partial charge in [0, 0.05) is 25.2 Å². The first-order valence-electron chi connectivity index (χ1n) is 9.57. The maximum Gasteiger partial charge on any atom is 0.224 e. The molecule has 0 aliphatic rings. The molecule has 6 heteroatoms. The molecule has 0 aliphatic carbocycles. The lowest BCUT2D eigenvalue weighted by atomic mass is 10.1. The lowest BCUT2D eigenvalue weighted by Gasteiger charge is -2.12. The van der Waals surface area contributed by atoms with Crippen molar-refractivity contribution in [1.29, 1.82) is 0 Å². The van der Waals surface area contributed by atoms with Gasteiger partial charge in [-0.25, -0.2) is 4.99 Å². The van der Waals surface area contributed by atoms with E-state index in [4.69, 9.17) is 0 Å². The van der Waals surface area contributed by atoms with E-state index in [2.05, 4.69) is 52.1 Å². The Morgan fingerprint density at radius 3 is 2.46 bits per heavy atom. The van der Waals surface area contributed by atoms with Gasteiger partial charge in [0.05, 0.1) is 6.54 Å². The van der Waals surface area contributed by atoms with Crippen molar-refractivity contribution in [2.45, 2.75) is 46.7 Å². The van der Waals surface area contributed by atoms with Gasteiger partial charge >= 0.3 is 0 Å². The summed E-state index contributed by atoms with van der Waals surface area (Å²) in [4.78, 5) is 16.4. The number of aliphatic imine (C=N–C) groups is 1. The first-order chi connectivity index (χ1) is 13.1. The Kier molecular flexibility index (Phi) is 11.2. The van der Waals surface area contributed by atoms with E-state index in [1.165, 1.54) is 11.1 Å². The molecule has 28 heavy (non-hydrogen) atoms. The third kappa shape index (κ3) is 8.73. The first kappa shape index (κ1) is 23.9. The molecule has 0 unspecified atom stereocenters. The fraction of sp³-hybridized carbons (Fsp3) is 0.364. The van der Waals surface area contributed by atoms with Gasteiger partial charge in [0.1, 0.15) is 0 Å². The predicted octanol–water partition coefficient (Wildman–Crippen LogP) is 4.61. The van der Waals surface area contributed by atoms with Crippen molar-refractivity contribution in [1.82, 2.24) is 10.6 Å². The van der Waals surface area contributed by atoms with Gasteiger partial charge < -0.3 is 16.0 Å². The summed E-state index contributed by atoms with van der Waals surface area (Å²) in [6.45, 7) is 8.20. The zero-order chi connectivity index (χ0) is 19.5. The van der Waals surface area contributed by atoms with Crippen LogP contribution >= 0.6 is 24.0 Å². The van der Waals surface area contributed by atoms with Crippen molar-refractivity contribution in [3.05, 3.63) is 65.2 Å². The molecule has 0 aromatic heterocycles. The normalized spacial score (nSPS) is 10.8. The first-order valence-corrected chi connectivity index (χ1v) is 9.57. The summed E-state index contributed by atoms with van der Waals surface area (Å²) in [6.07, 6.45) is 1.38. The molecule has 5 nitrogen and oxygen atoms in total. The average molecular weight is 494 g/mol. The van der Waals surface area contributed by atoms with Crippen LogP contribution in [0.15, 0.2) is 53.5 Å². The molecule has 0 fully saturated rings. The van der Waals surface area contributed by atoms with Crippen LogP contribution in [0.1, 0.15) is 43.4 Å². The van der Waals surface area contributed by atoms with Crippen molar-refractivity contribution in [3.63, 3.8) is 0 Å². The van der Waals surface area contributed by atoms with E-state index in [-0.39, 0.29) is 29.9 Å².